The van der Waals surface area contributed by atoms with E-state index in [-0.39, 0.29) is 12.3 Å². The molecule has 1 aliphatic carbocycles. The number of carbonyl (C=O) groups is 1. The van der Waals surface area contributed by atoms with Crippen molar-refractivity contribution in [3.05, 3.63) is 40.7 Å². The van der Waals surface area contributed by atoms with Gasteiger partial charge in [0.25, 0.3) is 0 Å². The molecule has 2 aromatic rings. The van der Waals surface area contributed by atoms with Crippen molar-refractivity contribution in [1.82, 2.24) is 4.98 Å². The van der Waals surface area contributed by atoms with Crippen LogP contribution in [0.1, 0.15) is 43.1 Å². The number of carbonyl (C=O) groups excluding carboxylic acids is 1. The molecule has 0 amide bonds. The summed E-state index contributed by atoms with van der Waals surface area (Å²) < 4.78 is 5.88. The van der Waals surface area contributed by atoms with E-state index < -0.39 is 5.97 Å². The Morgan fingerprint density at radius 2 is 1.95 bits per heavy atom. The molecule has 0 atom stereocenters. The lowest BCUT2D eigenvalue weighted by Gasteiger charge is -2.07. The maximum absolute atomic E-state index is 10.9. The zero-order valence-electron chi connectivity index (χ0n) is 11.5. The van der Waals surface area contributed by atoms with Gasteiger partial charge in [-0.2, -0.15) is 0 Å². The van der Waals surface area contributed by atoms with Crippen molar-refractivity contribution in [2.24, 2.45) is 0 Å². The number of carboxylic acids is 1. The van der Waals surface area contributed by atoms with Crippen LogP contribution in [0.25, 0.3) is 11.5 Å². The topological polar surface area (TPSA) is 66.2 Å². The normalized spacial score (nSPS) is 15.5. The molecule has 0 saturated heterocycles. The monoisotopic (exact) mass is 304 g/mol. The molecule has 1 aromatic carbocycles. The fourth-order valence-electron chi connectivity index (χ4n) is 2.85. The first-order chi connectivity index (χ1) is 10.1. The number of oxazole rings is 1. The van der Waals surface area contributed by atoms with Crippen LogP contribution in [0.4, 0.5) is 0 Å². The number of halogens is 1. The highest BCUT2D eigenvalue weighted by Gasteiger charge is 2.25. The van der Waals surface area contributed by atoms with Crippen LogP contribution in [0.2, 0.25) is 5.02 Å². The van der Waals surface area contributed by atoms with Crippen molar-refractivity contribution in [2.45, 2.75) is 38.0 Å². The Morgan fingerprint density at radius 3 is 2.57 bits per heavy atom. The largest absolute Gasteiger partial charge is 0.550 e. The summed E-state index contributed by atoms with van der Waals surface area (Å²) in [6, 6.07) is 7.15. The molecule has 1 aliphatic rings. The summed E-state index contributed by atoms with van der Waals surface area (Å²) in [4.78, 5) is 15.3. The fraction of sp³-hybridized carbons (Fsp3) is 0.375. The average molecular weight is 305 g/mol. The molecular formula is C16H15ClNO3-. The molecule has 3 rings (SSSR count). The van der Waals surface area contributed by atoms with Gasteiger partial charge < -0.3 is 14.3 Å². The van der Waals surface area contributed by atoms with Crippen LogP contribution in [-0.2, 0) is 11.2 Å². The van der Waals surface area contributed by atoms with Crippen molar-refractivity contribution in [2.75, 3.05) is 0 Å². The smallest absolute Gasteiger partial charge is 0.226 e. The molecular weight excluding hydrogens is 290 g/mol. The maximum Gasteiger partial charge on any atom is 0.226 e. The van der Waals surface area contributed by atoms with Crippen molar-refractivity contribution >= 4 is 17.6 Å². The number of hydrogen-bond donors (Lipinski definition) is 0. The molecule has 0 bridgehead atoms. The van der Waals surface area contributed by atoms with Gasteiger partial charge in [-0.25, -0.2) is 4.98 Å². The lowest BCUT2D eigenvalue weighted by molar-refractivity contribution is -0.304. The molecule has 21 heavy (non-hydrogen) atoms. The highest BCUT2D eigenvalue weighted by molar-refractivity contribution is 6.30. The standard InChI is InChI=1S/C16H16ClNO3/c17-12-7-5-11(6-8-12)16-18-13(9-14(19)20)15(21-16)10-3-1-2-4-10/h5-8,10H,1-4,9H2,(H,19,20)/p-1. The van der Waals surface area contributed by atoms with Gasteiger partial charge in [0.2, 0.25) is 5.89 Å². The lowest BCUT2D eigenvalue weighted by Crippen LogP contribution is -2.25. The van der Waals surface area contributed by atoms with Crippen LogP contribution in [0.15, 0.2) is 28.7 Å². The van der Waals surface area contributed by atoms with Gasteiger partial charge >= 0.3 is 0 Å². The van der Waals surface area contributed by atoms with Gasteiger partial charge in [-0.05, 0) is 37.1 Å². The molecule has 0 unspecified atom stereocenters. The van der Waals surface area contributed by atoms with E-state index in [1.165, 1.54) is 0 Å². The van der Waals surface area contributed by atoms with Crippen molar-refractivity contribution in [1.29, 1.82) is 0 Å². The summed E-state index contributed by atoms with van der Waals surface area (Å²) in [7, 11) is 0. The number of hydrogen-bond acceptors (Lipinski definition) is 4. The maximum atomic E-state index is 10.9. The molecule has 0 spiro atoms. The van der Waals surface area contributed by atoms with E-state index in [0.29, 0.717) is 22.4 Å². The van der Waals surface area contributed by atoms with Gasteiger partial charge in [0, 0.05) is 28.9 Å². The van der Waals surface area contributed by atoms with Gasteiger partial charge in [-0.3, -0.25) is 0 Å². The number of rotatable bonds is 4. The Bertz CT molecular complexity index is 642. The van der Waals surface area contributed by atoms with Gasteiger partial charge in [0.05, 0.1) is 5.69 Å². The highest BCUT2D eigenvalue weighted by Crippen LogP contribution is 2.38. The van der Waals surface area contributed by atoms with Crippen molar-refractivity contribution in [3.63, 3.8) is 0 Å². The number of carboxylic acid groups (broad SMARTS) is 1. The molecule has 1 fully saturated rings. The zero-order valence-corrected chi connectivity index (χ0v) is 12.2. The minimum atomic E-state index is -1.13. The lowest BCUT2D eigenvalue weighted by atomic mass is 10.0. The summed E-state index contributed by atoms with van der Waals surface area (Å²) >= 11 is 5.87. The Morgan fingerprint density at radius 1 is 1.29 bits per heavy atom. The number of aromatic nitrogens is 1. The first-order valence-electron chi connectivity index (χ1n) is 7.09. The summed E-state index contributed by atoms with van der Waals surface area (Å²) in [6.45, 7) is 0. The third-order valence-electron chi connectivity index (χ3n) is 3.86. The van der Waals surface area contributed by atoms with Crippen LogP contribution in [-0.4, -0.2) is 11.0 Å². The Labute approximate surface area is 127 Å². The van der Waals surface area contributed by atoms with Crippen LogP contribution in [0.3, 0.4) is 0 Å². The Hall–Kier alpha value is -1.81. The van der Waals surface area contributed by atoms with Gasteiger partial charge in [-0.1, -0.05) is 24.4 Å². The quantitative estimate of drug-likeness (QED) is 0.871. The second kappa shape index (κ2) is 5.90. The molecule has 5 heteroatoms. The summed E-state index contributed by atoms with van der Waals surface area (Å²) in [6.07, 6.45) is 4.13. The van der Waals surface area contributed by atoms with Crippen molar-refractivity contribution in [3.8, 4) is 11.5 Å². The summed E-state index contributed by atoms with van der Waals surface area (Å²) in [5, 5.41) is 11.6. The molecule has 0 N–H and O–H groups in total. The second-order valence-corrected chi connectivity index (χ2v) is 5.80. The highest BCUT2D eigenvalue weighted by atomic mass is 35.5. The third-order valence-corrected chi connectivity index (χ3v) is 4.11. The van der Waals surface area contributed by atoms with Crippen LogP contribution in [0.5, 0.6) is 0 Å². The van der Waals surface area contributed by atoms with E-state index in [2.05, 4.69) is 4.98 Å². The predicted octanol–water partition coefficient (Wildman–Crippen LogP) is 2.95. The summed E-state index contributed by atoms with van der Waals surface area (Å²) in [5.74, 6) is 0.296. The van der Waals surface area contributed by atoms with Crippen LogP contribution < -0.4 is 5.11 Å². The van der Waals surface area contributed by atoms with Crippen LogP contribution >= 0.6 is 11.6 Å². The van der Waals surface area contributed by atoms with E-state index >= 15 is 0 Å². The molecule has 4 nitrogen and oxygen atoms in total. The van der Waals surface area contributed by atoms with Gasteiger partial charge in [-0.15, -0.1) is 0 Å². The molecule has 110 valence electrons. The van der Waals surface area contributed by atoms with E-state index in [1.807, 2.05) is 12.1 Å². The van der Waals surface area contributed by atoms with Crippen molar-refractivity contribution < 1.29 is 14.3 Å². The Balaban J connectivity index is 1.97. The molecule has 1 heterocycles. The second-order valence-electron chi connectivity index (χ2n) is 5.37. The first kappa shape index (κ1) is 14.1. The third kappa shape index (κ3) is 3.10. The molecule has 0 aliphatic heterocycles. The van der Waals surface area contributed by atoms with E-state index in [0.717, 1.165) is 31.2 Å². The van der Waals surface area contributed by atoms with Gasteiger partial charge in [0.15, 0.2) is 0 Å². The van der Waals surface area contributed by atoms with Gasteiger partial charge in [0.1, 0.15) is 5.76 Å². The molecule has 0 radical (unpaired) electrons. The fourth-order valence-corrected chi connectivity index (χ4v) is 2.98. The minimum Gasteiger partial charge on any atom is -0.550 e. The number of nitrogens with zero attached hydrogens (tertiary/aromatic N) is 1. The zero-order chi connectivity index (χ0) is 14.8. The first-order valence-corrected chi connectivity index (χ1v) is 7.46. The number of aliphatic carboxylic acids is 1. The Kier molecular flexibility index (Phi) is 3.97. The average Bonchev–Trinajstić information content (AvgIpc) is 3.08. The molecule has 1 aromatic heterocycles. The SMILES string of the molecule is O=C([O-])Cc1nc(-c2ccc(Cl)cc2)oc1C1CCCC1. The summed E-state index contributed by atoms with van der Waals surface area (Å²) in [5.41, 5.74) is 1.29. The van der Waals surface area contributed by atoms with E-state index in [1.54, 1.807) is 12.1 Å². The van der Waals surface area contributed by atoms with E-state index in [4.69, 9.17) is 16.0 Å². The molecule has 1 saturated carbocycles. The predicted molar refractivity (Wildman–Crippen MR) is 76.9 cm³/mol. The number of benzene rings is 1. The van der Waals surface area contributed by atoms with Crippen LogP contribution in [0, 0.1) is 0 Å². The minimum absolute atomic E-state index is 0.205. The van der Waals surface area contributed by atoms with E-state index in [9.17, 15) is 9.90 Å².